The lowest BCUT2D eigenvalue weighted by Crippen LogP contribution is -2.32. The summed E-state index contributed by atoms with van der Waals surface area (Å²) in [6, 6.07) is 0. The molecule has 1 unspecified atom stereocenters. The van der Waals surface area contributed by atoms with E-state index in [-0.39, 0.29) is 0 Å². The predicted molar refractivity (Wildman–Crippen MR) is 68.7 cm³/mol. The maximum Gasteiger partial charge on any atom is 0.0632 e. The average molecular weight is 231 g/mol. The van der Waals surface area contributed by atoms with Crippen LogP contribution in [0.3, 0.4) is 0 Å². The second kappa shape index (κ2) is 7.25. The number of hydrogen-bond donors (Lipinski definition) is 2. The topological polar surface area (TPSA) is 41.5 Å². The smallest absolute Gasteiger partial charge is 0.0632 e. The van der Waals surface area contributed by atoms with Crippen LogP contribution in [0.4, 0.5) is 0 Å². The number of ether oxygens (including phenoxy) is 1. The molecule has 0 heterocycles. The molecule has 0 radical (unpaired) electrons. The molecule has 3 nitrogen and oxygen atoms in total. The quantitative estimate of drug-likeness (QED) is 0.629. The van der Waals surface area contributed by atoms with Crippen LogP contribution in [0.1, 0.15) is 47.0 Å². The Balaban J connectivity index is 3.62. The molecule has 16 heavy (non-hydrogen) atoms. The lowest BCUT2D eigenvalue weighted by molar-refractivity contribution is 0.0309. The monoisotopic (exact) mass is 231 g/mol. The third kappa shape index (κ3) is 10.4. The first-order valence-corrected chi connectivity index (χ1v) is 6.19. The van der Waals surface area contributed by atoms with Gasteiger partial charge < -0.3 is 15.2 Å². The fourth-order valence-corrected chi connectivity index (χ4v) is 1.43. The Morgan fingerprint density at radius 2 is 1.62 bits per heavy atom. The summed E-state index contributed by atoms with van der Waals surface area (Å²) < 4.78 is 4.94. The normalized spacial score (nSPS) is 16.1. The molecule has 2 N–H and O–H groups in total. The van der Waals surface area contributed by atoms with Gasteiger partial charge in [0.25, 0.3) is 0 Å². The van der Waals surface area contributed by atoms with Gasteiger partial charge in [-0.1, -0.05) is 20.8 Å². The van der Waals surface area contributed by atoms with Crippen LogP contribution in [0.2, 0.25) is 0 Å². The first-order valence-electron chi connectivity index (χ1n) is 6.19. The summed E-state index contributed by atoms with van der Waals surface area (Å²) in [5.74, 6) is 0. The standard InChI is InChI=1S/C13H29NO2/c1-12(2,3)6-7-13(4,15)8-9-14-10-11-16-5/h14-15H,6-11H2,1-5H3. The van der Waals surface area contributed by atoms with Crippen molar-refractivity contribution >= 4 is 0 Å². The molecule has 0 fully saturated rings. The molecule has 0 saturated carbocycles. The second-order valence-corrected chi connectivity index (χ2v) is 6.05. The van der Waals surface area contributed by atoms with Crippen molar-refractivity contribution in [3.8, 4) is 0 Å². The van der Waals surface area contributed by atoms with Crippen LogP contribution in [0.5, 0.6) is 0 Å². The number of hydrogen-bond acceptors (Lipinski definition) is 3. The number of methoxy groups -OCH3 is 1. The Kier molecular flexibility index (Phi) is 7.20. The number of aliphatic hydroxyl groups is 1. The van der Waals surface area contributed by atoms with Gasteiger partial charge in [0, 0.05) is 13.7 Å². The van der Waals surface area contributed by atoms with E-state index in [1.807, 2.05) is 6.92 Å². The molecule has 0 aromatic rings. The molecule has 0 aliphatic carbocycles. The van der Waals surface area contributed by atoms with Gasteiger partial charge in [0.1, 0.15) is 0 Å². The van der Waals surface area contributed by atoms with E-state index in [2.05, 4.69) is 26.1 Å². The SMILES string of the molecule is COCCNCCC(C)(O)CCC(C)(C)C. The zero-order valence-electron chi connectivity index (χ0n) is 11.6. The molecule has 0 bridgehead atoms. The highest BCUT2D eigenvalue weighted by Gasteiger charge is 2.22. The lowest BCUT2D eigenvalue weighted by Gasteiger charge is -2.28. The van der Waals surface area contributed by atoms with Gasteiger partial charge in [-0.3, -0.25) is 0 Å². The number of nitrogens with one attached hydrogen (secondary N) is 1. The van der Waals surface area contributed by atoms with Crippen LogP contribution >= 0.6 is 0 Å². The highest BCUT2D eigenvalue weighted by Crippen LogP contribution is 2.26. The molecule has 0 aliphatic rings. The highest BCUT2D eigenvalue weighted by molar-refractivity contribution is 4.76. The largest absolute Gasteiger partial charge is 0.390 e. The van der Waals surface area contributed by atoms with E-state index in [9.17, 15) is 5.11 Å². The summed E-state index contributed by atoms with van der Waals surface area (Å²) in [6.07, 6.45) is 2.72. The zero-order chi connectivity index (χ0) is 12.7. The minimum absolute atomic E-state index is 0.299. The molecular weight excluding hydrogens is 202 g/mol. The van der Waals surface area contributed by atoms with Crippen LogP contribution in [0, 0.1) is 5.41 Å². The van der Waals surface area contributed by atoms with Crippen LogP contribution in [-0.4, -0.2) is 37.5 Å². The van der Waals surface area contributed by atoms with Crippen LogP contribution in [-0.2, 0) is 4.74 Å². The van der Waals surface area contributed by atoms with E-state index < -0.39 is 5.60 Å². The fraction of sp³-hybridized carbons (Fsp3) is 1.00. The fourth-order valence-electron chi connectivity index (χ4n) is 1.43. The van der Waals surface area contributed by atoms with Crippen molar-refractivity contribution in [3.63, 3.8) is 0 Å². The highest BCUT2D eigenvalue weighted by atomic mass is 16.5. The molecule has 98 valence electrons. The van der Waals surface area contributed by atoms with Crippen molar-refractivity contribution in [1.29, 1.82) is 0 Å². The second-order valence-electron chi connectivity index (χ2n) is 6.05. The maximum atomic E-state index is 10.2. The minimum Gasteiger partial charge on any atom is -0.390 e. The number of rotatable bonds is 8. The van der Waals surface area contributed by atoms with Gasteiger partial charge in [0.05, 0.1) is 12.2 Å². The van der Waals surface area contributed by atoms with Gasteiger partial charge in [-0.25, -0.2) is 0 Å². The minimum atomic E-state index is -0.548. The van der Waals surface area contributed by atoms with Crippen LogP contribution in [0.15, 0.2) is 0 Å². The summed E-state index contributed by atoms with van der Waals surface area (Å²) in [7, 11) is 1.70. The molecule has 0 aromatic carbocycles. The van der Waals surface area contributed by atoms with Crippen molar-refractivity contribution in [3.05, 3.63) is 0 Å². The maximum absolute atomic E-state index is 10.2. The van der Waals surface area contributed by atoms with E-state index >= 15 is 0 Å². The Morgan fingerprint density at radius 3 is 2.12 bits per heavy atom. The van der Waals surface area contributed by atoms with E-state index in [4.69, 9.17) is 4.74 Å². The first kappa shape index (κ1) is 15.9. The zero-order valence-corrected chi connectivity index (χ0v) is 11.6. The van der Waals surface area contributed by atoms with Crippen molar-refractivity contribution in [2.45, 2.75) is 52.6 Å². The summed E-state index contributed by atoms with van der Waals surface area (Å²) in [5.41, 5.74) is -0.249. The molecule has 0 spiro atoms. The lowest BCUT2D eigenvalue weighted by atomic mass is 9.84. The third-order valence-corrected chi connectivity index (χ3v) is 2.74. The Labute approximate surface area is 101 Å². The first-order chi connectivity index (χ1) is 7.27. The van der Waals surface area contributed by atoms with Gasteiger partial charge >= 0.3 is 0 Å². The van der Waals surface area contributed by atoms with Crippen LogP contribution < -0.4 is 5.32 Å². The molecule has 0 rings (SSSR count). The molecule has 0 amide bonds. The van der Waals surface area contributed by atoms with Gasteiger partial charge in [-0.15, -0.1) is 0 Å². The van der Waals surface area contributed by atoms with Gasteiger partial charge in [0.15, 0.2) is 0 Å². The van der Waals surface area contributed by atoms with E-state index in [1.165, 1.54) is 0 Å². The molecule has 0 aliphatic heterocycles. The Hall–Kier alpha value is -0.120. The summed E-state index contributed by atoms with van der Waals surface area (Å²) in [5, 5.41) is 13.4. The van der Waals surface area contributed by atoms with Gasteiger partial charge in [-0.05, 0) is 38.1 Å². The van der Waals surface area contributed by atoms with Crippen molar-refractivity contribution in [1.82, 2.24) is 5.32 Å². The van der Waals surface area contributed by atoms with E-state index in [0.29, 0.717) is 5.41 Å². The Bertz CT molecular complexity index is 173. The predicted octanol–water partition coefficient (Wildman–Crippen LogP) is 2.19. The van der Waals surface area contributed by atoms with Gasteiger partial charge in [0.2, 0.25) is 0 Å². The summed E-state index contributed by atoms with van der Waals surface area (Å²) in [4.78, 5) is 0. The summed E-state index contributed by atoms with van der Waals surface area (Å²) >= 11 is 0. The van der Waals surface area contributed by atoms with E-state index in [1.54, 1.807) is 7.11 Å². The molecule has 0 saturated heterocycles. The third-order valence-electron chi connectivity index (χ3n) is 2.74. The van der Waals surface area contributed by atoms with Crippen molar-refractivity contribution in [2.24, 2.45) is 5.41 Å². The van der Waals surface area contributed by atoms with Crippen LogP contribution in [0.25, 0.3) is 0 Å². The molecule has 1 atom stereocenters. The molecular formula is C13H29NO2. The summed E-state index contributed by atoms with van der Waals surface area (Å²) in [6.45, 7) is 11.0. The average Bonchev–Trinajstić information content (AvgIpc) is 2.14. The van der Waals surface area contributed by atoms with Gasteiger partial charge in [-0.2, -0.15) is 0 Å². The van der Waals surface area contributed by atoms with E-state index in [0.717, 1.165) is 39.0 Å². The molecule has 3 heteroatoms. The Morgan fingerprint density at radius 1 is 1.00 bits per heavy atom. The van der Waals surface area contributed by atoms with Crippen molar-refractivity contribution < 1.29 is 9.84 Å². The molecule has 0 aromatic heterocycles. The van der Waals surface area contributed by atoms with Crippen molar-refractivity contribution in [2.75, 3.05) is 26.8 Å².